The van der Waals surface area contributed by atoms with Crippen molar-refractivity contribution >= 4 is 22.7 Å². The average molecular weight is 399 g/mol. The van der Waals surface area contributed by atoms with E-state index in [1.165, 1.54) is 0 Å². The predicted octanol–water partition coefficient (Wildman–Crippen LogP) is 2.32. The number of hydrogen-bond acceptors (Lipinski definition) is 5. The van der Waals surface area contributed by atoms with Crippen molar-refractivity contribution in [3.8, 4) is 6.07 Å². The first-order valence-corrected chi connectivity index (χ1v) is 9.15. The molecule has 0 aliphatic heterocycles. The fourth-order valence-electron chi connectivity index (χ4n) is 2.96. The van der Waals surface area contributed by atoms with Crippen LogP contribution in [0, 0.1) is 11.3 Å². The van der Waals surface area contributed by atoms with E-state index in [-0.39, 0.29) is 11.6 Å². The number of carboxylic acid groups (broad SMARTS) is 2. The molecule has 0 saturated carbocycles. The predicted molar refractivity (Wildman–Crippen MR) is 110 cm³/mol. The molecule has 8 heteroatoms. The van der Waals surface area contributed by atoms with Crippen LogP contribution in [-0.4, -0.2) is 50.8 Å². The number of fused-ring (bicyclic) bond motifs is 1. The number of likely N-dealkylation sites (N-methyl/N-ethyl adjacent to an activating group) is 1. The van der Waals surface area contributed by atoms with Crippen LogP contribution in [0.1, 0.15) is 26.3 Å². The van der Waals surface area contributed by atoms with E-state index in [1.54, 1.807) is 16.8 Å². The Morgan fingerprint density at radius 2 is 1.66 bits per heavy atom. The molecule has 2 N–H and O–H groups in total. The number of rotatable bonds is 7. The topological polar surface area (TPSA) is 124 Å². The van der Waals surface area contributed by atoms with Crippen molar-refractivity contribution in [1.29, 1.82) is 5.26 Å². The summed E-state index contributed by atoms with van der Waals surface area (Å²) in [4.78, 5) is 34.0. The SMILES string of the molecule is CCN(CC)C(C)Cn1cc(C#N)c2ccccc2c1=O.O=C(O)/C=C\C(=O)O. The summed E-state index contributed by atoms with van der Waals surface area (Å²) >= 11 is 0. The third kappa shape index (κ3) is 6.90. The summed E-state index contributed by atoms with van der Waals surface area (Å²) in [7, 11) is 0. The molecule has 154 valence electrons. The first-order chi connectivity index (χ1) is 13.7. The lowest BCUT2D eigenvalue weighted by molar-refractivity contribution is -0.134. The van der Waals surface area contributed by atoms with Gasteiger partial charge in [-0.2, -0.15) is 5.26 Å². The fraction of sp³-hybridized carbons (Fsp3) is 0.333. The van der Waals surface area contributed by atoms with E-state index in [2.05, 4.69) is 31.7 Å². The fourth-order valence-corrected chi connectivity index (χ4v) is 2.96. The summed E-state index contributed by atoms with van der Waals surface area (Å²) in [5.74, 6) is -2.51. The summed E-state index contributed by atoms with van der Waals surface area (Å²) < 4.78 is 1.67. The summed E-state index contributed by atoms with van der Waals surface area (Å²) in [5, 5.41) is 26.3. The molecule has 29 heavy (non-hydrogen) atoms. The third-order valence-electron chi connectivity index (χ3n) is 4.38. The molecule has 0 bridgehead atoms. The molecule has 1 heterocycles. The second-order valence-corrected chi connectivity index (χ2v) is 6.24. The first kappa shape index (κ1) is 23.6. The Morgan fingerprint density at radius 3 is 2.10 bits per heavy atom. The molecule has 1 aromatic heterocycles. The third-order valence-corrected chi connectivity index (χ3v) is 4.38. The van der Waals surface area contributed by atoms with Gasteiger partial charge in [-0.3, -0.25) is 9.69 Å². The van der Waals surface area contributed by atoms with Gasteiger partial charge in [-0.1, -0.05) is 32.0 Å². The number of nitrogens with zero attached hydrogens (tertiary/aromatic N) is 3. The Hall–Kier alpha value is -3.44. The number of benzene rings is 1. The van der Waals surface area contributed by atoms with Crippen LogP contribution in [0.15, 0.2) is 47.4 Å². The largest absolute Gasteiger partial charge is 0.478 e. The van der Waals surface area contributed by atoms with Crippen LogP contribution in [0.5, 0.6) is 0 Å². The molecule has 0 aliphatic rings. The van der Waals surface area contributed by atoms with Gasteiger partial charge in [0.15, 0.2) is 0 Å². The number of pyridine rings is 1. The molecular weight excluding hydrogens is 374 g/mol. The highest BCUT2D eigenvalue weighted by Gasteiger charge is 2.14. The van der Waals surface area contributed by atoms with Gasteiger partial charge in [0.2, 0.25) is 0 Å². The van der Waals surface area contributed by atoms with Crippen molar-refractivity contribution in [1.82, 2.24) is 9.47 Å². The molecule has 2 aromatic rings. The molecule has 1 unspecified atom stereocenters. The molecule has 0 fully saturated rings. The number of carboxylic acids is 2. The Bertz CT molecular complexity index is 968. The minimum Gasteiger partial charge on any atom is -0.478 e. The molecule has 0 aliphatic carbocycles. The van der Waals surface area contributed by atoms with Crippen LogP contribution in [0.3, 0.4) is 0 Å². The van der Waals surface area contributed by atoms with E-state index < -0.39 is 11.9 Å². The van der Waals surface area contributed by atoms with E-state index in [1.807, 2.05) is 18.2 Å². The molecule has 0 spiro atoms. The van der Waals surface area contributed by atoms with E-state index in [0.29, 0.717) is 29.6 Å². The molecule has 0 saturated heterocycles. The van der Waals surface area contributed by atoms with Crippen LogP contribution in [0.4, 0.5) is 0 Å². The summed E-state index contributed by atoms with van der Waals surface area (Å²) in [6, 6.07) is 9.75. The van der Waals surface area contributed by atoms with Crippen LogP contribution in [-0.2, 0) is 16.1 Å². The van der Waals surface area contributed by atoms with Crippen LogP contribution < -0.4 is 5.56 Å². The number of aromatic nitrogens is 1. The first-order valence-electron chi connectivity index (χ1n) is 9.15. The Balaban J connectivity index is 0.000000447. The summed E-state index contributed by atoms with van der Waals surface area (Å²) in [5.41, 5.74) is 0.528. The van der Waals surface area contributed by atoms with Gasteiger partial charge in [0.25, 0.3) is 5.56 Å². The molecular formula is C21H25N3O5. The summed E-state index contributed by atoms with van der Waals surface area (Å²) in [6.45, 7) is 8.84. The van der Waals surface area contributed by atoms with Gasteiger partial charge < -0.3 is 14.8 Å². The molecule has 0 amide bonds. The van der Waals surface area contributed by atoms with Crippen LogP contribution in [0.25, 0.3) is 10.8 Å². The highest BCUT2D eigenvalue weighted by atomic mass is 16.4. The van der Waals surface area contributed by atoms with Gasteiger partial charge in [-0.15, -0.1) is 0 Å². The number of carbonyl (C=O) groups is 2. The van der Waals surface area contributed by atoms with Gasteiger partial charge >= 0.3 is 11.9 Å². The zero-order chi connectivity index (χ0) is 22.0. The number of nitriles is 1. The molecule has 2 rings (SSSR count). The van der Waals surface area contributed by atoms with E-state index >= 15 is 0 Å². The lowest BCUT2D eigenvalue weighted by Gasteiger charge is -2.27. The minimum atomic E-state index is -1.26. The van der Waals surface area contributed by atoms with Crippen molar-refractivity contribution in [3.63, 3.8) is 0 Å². The lowest BCUT2D eigenvalue weighted by Crippen LogP contribution is -2.38. The van der Waals surface area contributed by atoms with Crippen molar-refractivity contribution in [2.75, 3.05) is 13.1 Å². The van der Waals surface area contributed by atoms with E-state index in [9.17, 15) is 19.6 Å². The van der Waals surface area contributed by atoms with Crippen LogP contribution in [0.2, 0.25) is 0 Å². The maximum atomic E-state index is 12.6. The molecule has 0 radical (unpaired) electrons. The highest BCUT2D eigenvalue weighted by Crippen LogP contribution is 2.15. The molecule has 1 aromatic carbocycles. The smallest absolute Gasteiger partial charge is 0.328 e. The van der Waals surface area contributed by atoms with Crippen molar-refractivity contribution in [2.45, 2.75) is 33.4 Å². The Morgan fingerprint density at radius 1 is 1.14 bits per heavy atom. The van der Waals surface area contributed by atoms with Crippen molar-refractivity contribution in [2.24, 2.45) is 0 Å². The maximum Gasteiger partial charge on any atom is 0.328 e. The van der Waals surface area contributed by atoms with Gasteiger partial charge in [0, 0.05) is 41.7 Å². The highest BCUT2D eigenvalue weighted by molar-refractivity contribution is 5.89. The zero-order valence-corrected chi connectivity index (χ0v) is 16.7. The maximum absolute atomic E-state index is 12.6. The second kappa shape index (κ2) is 11.4. The summed E-state index contributed by atoms with van der Waals surface area (Å²) in [6.07, 6.45) is 2.80. The number of hydrogen-bond donors (Lipinski definition) is 2. The zero-order valence-electron chi connectivity index (χ0n) is 16.7. The Labute approximate surface area is 168 Å². The molecule has 1 atom stereocenters. The lowest BCUT2D eigenvalue weighted by atomic mass is 10.1. The quantitative estimate of drug-likeness (QED) is 0.685. The van der Waals surface area contributed by atoms with Gasteiger partial charge in [0.1, 0.15) is 6.07 Å². The minimum absolute atomic E-state index is 0.0244. The van der Waals surface area contributed by atoms with E-state index in [4.69, 9.17) is 10.2 Å². The normalized spacial score (nSPS) is 11.7. The van der Waals surface area contributed by atoms with Gasteiger partial charge in [-0.25, -0.2) is 9.59 Å². The van der Waals surface area contributed by atoms with Gasteiger partial charge in [0.05, 0.1) is 5.56 Å². The van der Waals surface area contributed by atoms with Gasteiger partial charge in [-0.05, 0) is 26.1 Å². The van der Waals surface area contributed by atoms with Crippen molar-refractivity contribution in [3.05, 3.63) is 58.5 Å². The average Bonchev–Trinajstić information content (AvgIpc) is 2.70. The monoisotopic (exact) mass is 399 g/mol. The van der Waals surface area contributed by atoms with E-state index in [0.717, 1.165) is 18.5 Å². The second-order valence-electron chi connectivity index (χ2n) is 6.24. The van der Waals surface area contributed by atoms with Crippen molar-refractivity contribution < 1.29 is 19.8 Å². The number of aliphatic carboxylic acids is 2. The Kier molecular flexibility index (Phi) is 9.29. The van der Waals surface area contributed by atoms with Crippen LogP contribution >= 0.6 is 0 Å². The standard InChI is InChI=1S/C17H21N3O.C4H4O4/c1-4-19(5-2)13(3)11-20-12-14(10-18)15-8-6-7-9-16(15)17(20)21;5-3(6)1-2-4(7)8/h6-9,12-13H,4-5,11H2,1-3H3;1-2H,(H,5,6)(H,7,8)/b;2-1-. The molecule has 8 nitrogen and oxygen atoms in total.